The van der Waals surface area contributed by atoms with E-state index in [-0.39, 0.29) is 5.91 Å². The van der Waals surface area contributed by atoms with Gasteiger partial charge in [0.15, 0.2) is 0 Å². The van der Waals surface area contributed by atoms with Gasteiger partial charge in [0.05, 0.1) is 18.2 Å². The quantitative estimate of drug-likeness (QED) is 0.946. The molecule has 2 aromatic rings. The first kappa shape index (κ1) is 14.2. The highest BCUT2D eigenvalue weighted by Gasteiger charge is 2.26. The second-order valence-corrected chi connectivity index (χ2v) is 5.55. The standard InChI is InChI=1S/C18H17N3O/c1-13-9-15-6-2-3-8-17(15)21(13)12-18(22)20-16-7-4-5-14(10-16)11-19/h2-8,10,13H,9,12H2,1H3,(H,20,22). The lowest BCUT2D eigenvalue weighted by molar-refractivity contribution is -0.115. The number of anilines is 2. The predicted octanol–water partition coefficient (Wildman–Crippen LogP) is 2.95. The largest absolute Gasteiger partial charge is 0.359 e. The SMILES string of the molecule is CC1Cc2ccccc2N1CC(=O)Nc1cccc(C#N)c1. The molecule has 1 N–H and O–H groups in total. The third kappa shape index (κ3) is 2.79. The molecular weight excluding hydrogens is 274 g/mol. The van der Waals surface area contributed by atoms with Gasteiger partial charge in [0.1, 0.15) is 0 Å². The summed E-state index contributed by atoms with van der Waals surface area (Å²) in [5, 5.41) is 11.8. The highest BCUT2D eigenvalue weighted by molar-refractivity contribution is 5.94. The molecule has 0 saturated carbocycles. The van der Waals surface area contributed by atoms with Crippen molar-refractivity contribution in [3.63, 3.8) is 0 Å². The molecule has 1 atom stereocenters. The van der Waals surface area contributed by atoms with E-state index >= 15 is 0 Å². The number of carbonyl (C=O) groups excluding carboxylic acids is 1. The van der Waals surface area contributed by atoms with Crippen molar-refractivity contribution in [1.29, 1.82) is 5.26 Å². The van der Waals surface area contributed by atoms with Gasteiger partial charge in [-0.3, -0.25) is 4.79 Å². The van der Waals surface area contributed by atoms with Gasteiger partial charge in [-0.1, -0.05) is 24.3 Å². The van der Waals surface area contributed by atoms with Crippen LogP contribution in [-0.2, 0) is 11.2 Å². The Kier molecular flexibility index (Phi) is 3.80. The average molecular weight is 291 g/mol. The van der Waals surface area contributed by atoms with Gasteiger partial charge in [0.2, 0.25) is 5.91 Å². The number of hydrogen-bond acceptors (Lipinski definition) is 3. The Hall–Kier alpha value is -2.80. The zero-order chi connectivity index (χ0) is 15.5. The Labute approximate surface area is 130 Å². The van der Waals surface area contributed by atoms with E-state index in [0.29, 0.717) is 23.8 Å². The first-order valence-electron chi connectivity index (χ1n) is 7.32. The van der Waals surface area contributed by atoms with Gasteiger partial charge in [-0.25, -0.2) is 0 Å². The molecule has 3 rings (SSSR count). The summed E-state index contributed by atoms with van der Waals surface area (Å²) in [4.78, 5) is 14.4. The van der Waals surface area contributed by atoms with Crippen molar-refractivity contribution in [3.8, 4) is 6.07 Å². The van der Waals surface area contributed by atoms with E-state index in [1.54, 1.807) is 24.3 Å². The lowest BCUT2D eigenvalue weighted by Gasteiger charge is -2.24. The number of fused-ring (bicyclic) bond motifs is 1. The number of carbonyl (C=O) groups is 1. The molecule has 1 heterocycles. The van der Waals surface area contributed by atoms with E-state index < -0.39 is 0 Å². The van der Waals surface area contributed by atoms with Crippen LogP contribution >= 0.6 is 0 Å². The molecule has 2 aromatic carbocycles. The van der Waals surface area contributed by atoms with Crippen LogP contribution in [0.4, 0.5) is 11.4 Å². The fourth-order valence-corrected chi connectivity index (χ4v) is 2.89. The minimum atomic E-state index is -0.0707. The molecule has 0 saturated heterocycles. The number of hydrogen-bond donors (Lipinski definition) is 1. The van der Waals surface area contributed by atoms with Crippen LogP contribution in [0.3, 0.4) is 0 Å². The minimum absolute atomic E-state index is 0.0707. The van der Waals surface area contributed by atoms with E-state index in [2.05, 4.69) is 35.3 Å². The lowest BCUT2D eigenvalue weighted by Crippen LogP contribution is -2.37. The maximum atomic E-state index is 12.3. The van der Waals surface area contributed by atoms with E-state index in [1.807, 2.05) is 12.1 Å². The highest BCUT2D eigenvalue weighted by atomic mass is 16.2. The lowest BCUT2D eigenvalue weighted by atomic mass is 10.1. The number of nitriles is 1. The second-order valence-electron chi connectivity index (χ2n) is 5.55. The monoisotopic (exact) mass is 291 g/mol. The van der Waals surface area contributed by atoms with Crippen LogP contribution in [0.25, 0.3) is 0 Å². The van der Waals surface area contributed by atoms with Crippen LogP contribution in [-0.4, -0.2) is 18.5 Å². The summed E-state index contributed by atoms with van der Waals surface area (Å²) in [7, 11) is 0. The molecule has 0 aromatic heterocycles. The zero-order valence-electron chi connectivity index (χ0n) is 12.4. The van der Waals surface area contributed by atoms with Crippen molar-refractivity contribution in [3.05, 3.63) is 59.7 Å². The molecule has 0 fully saturated rings. The molecule has 0 aliphatic carbocycles. The van der Waals surface area contributed by atoms with E-state index in [4.69, 9.17) is 5.26 Å². The number of rotatable bonds is 3. The van der Waals surface area contributed by atoms with Gasteiger partial charge < -0.3 is 10.2 Å². The van der Waals surface area contributed by atoms with Crippen LogP contribution < -0.4 is 10.2 Å². The van der Waals surface area contributed by atoms with Crippen molar-refractivity contribution in [2.75, 3.05) is 16.8 Å². The fourth-order valence-electron chi connectivity index (χ4n) is 2.89. The van der Waals surface area contributed by atoms with Gasteiger partial charge in [0.25, 0.3) is 0 Å². The number of amides is 1. The van der Waals surface area contributed by atoms with Crippen LogP contribution in [0.1, 0.15) is 18.1 Å². The summed E-state index contributed by atoms with van der Waals surface area (Å²) in [6.07, 6.45) is 0.966. The van der Waals surface area contributed by atoms with Crippen LogP contribution in [0.15, 0.2) is 48.5 Å². The topological polar surface area (TPSA) is 56.1 Å². The van der Waals surface area contributed by atoms with Crippen molar-refractivity contribution in [2.24, 2.45) is 0 Å². The van der Waals surface area contributed by atoms with Crippen molar-refractivity contribution < 1.29 is 4.79 Å². The highest BCUT2D eigenvalue weighted by Crippen LogP contribution is 2.31. The fraction of sp³-hybridized carbons (Fsp3) is 0.222. The summed E-state index contributed by atoms with van der Waals surface area (Å²) in [5.74, 6) is -0.0707. The summed E-state index contributed by atoms with van der Waals surface area (Å²) in [6, 6.07) is 17.5. The Bertz CT molecular complexity index is 748. The van der Waals surface area contributed by atoms with Gasteiger partial charge in [0, 0.05) is 17.4 Å². The molecule has 4 nitrogen and oxygen atoms in total. The predicted molar refractivity (Wildman–Crippen MR) is 86.7 cm³/mol. The number of benzene rings is 2. The molecule has 1 amide bonds. The average Bonchev–Trinajstić information content (AvgIpc) is 2.83. The Morgan fingerprint density at radius 2 is 2.14 bits per heavy atom. The summed E-state index contributed by atoms with van der Waals surface area (Å²) < 4.78 is 0. The molecule has 0 bridgehead atoms. The molecule has 1 aliphatic heterocycles. The van der Waals surface area contributed by atoms with Crippen LogP contribution in [0, 0.1) is 11.3 Å². The van der Waals surface area contributed by atoms with Crippen LogP contribution in [0.5, 0.6) is 0 Å². The van der Waals surface area contributed by atoms with Gasteiger partial charge in [-0.2, -0.15) is 5.26 Å². The summed E-state index contributed by atoms with van der Waals surface area (Å²) in [6.45, 7) is 2.44. The molecule has 4 heteroatoms. The van der Waals surface area contributed by atoms with Crippen molar-refractivity contribution in [1.82, 2.24) is 0 Å². The van der Waals surface area contributed by atoms with Crippen LogP contribution in [0.2, 0.25) is 0 Å². The number of nitrogens with zero attached hydrogens (tertiary/aromatic N) is 2. The minimum Gasteiger partial charge on any atom is -0.359 e. The number of para-hydroxylation sites is 1. The summed E-state index contributed by atoms with van der Waals surface area (Å²) in [5.41, 5.74) is 3.62. The molecule has 1 unspecified atom stereocenters. The zero-order valence-corrected chi connectivity index (χ0v) is 12.4. The van der Waals surface area contributed by atoms with E-state index in [1.165, 1.54) is 5.56 Å². The molecule has 0 radical (unpaired) electrons. The molecule has 1 aliphatic rings. The molecular formula is C18H17N3O. The second kappa shape index (κ2) is 5.90. The van der Waals surface area contributed by atoms with Crippen molar-refractivity contribution in [2.45, 2.75) is 19.4 Å². The third-order valence-electron chi connectivity index (χ3n) is 3.94. The van der Waals surface area contributed by atoms with Gasteiger partial charge >= 0.3 is 0 Å². The first-order chi connectivity index (χ1) is 10.7. The maximum Gasteiger partial charge on any atom is 0.243 e. The van der Waals surface area contributed by atoms with E-state index in [9.17, 15) is 4.79 Å². The Morgan fingerprint density at radius 1 is 1.32 bits per heavy atom. The Morgan fingerprint density at radius 3 is 2.95 bits per heavy atom. The van der Waals surface area contributed by atoms with Crippen molar-refractivity contribution >= 4 is 17.3 Å². The van der Waals surface area contributed by atoms with Gasteiger partial charge in [-0.15, -0.1) is 0 Å². The Balaban J connectivity index is 1.71. The summed E-state index contributed by atoms with van der Waals surface area (Å²) >= 11 is 0. The van der Waals surface area contributed by atoms with Gasteiger partial charge in [-0.05, 0) is 43.2 Å². The van der Waals surface area contributed by atoms with E-state index in [0.717, 1.165) is 12.1 Å². The number of nitrogens with one attached hydrogen (secondary N) is 1. The normalized spacial score (nSPS) is 16.0. The third-order valence-corrected chi connectivity index (χ3v) is 3.94. The smallest absolute Gasteiger partial charge is 0.243 e. The molecule has 0 spiro atoms. The maximum absolute atomic E-state index is 12.3. The molecule has 22 heavy (non-hydrogen) atoms. The molecule has 110 valence electrons. The first-order valence-corrected chi connectivity index (χ1v) is 7.32.